The number of anilines is 1. The normalized spacial score (nSPS) is 12.0. The fourth-order valence-corrected chi connectivity index (χ4v) is 4.39. The van der Waals surface area contributed by atoms with Crippen molar-refractivity contribution in [3.63, 3.8) is 0 Å². The highest BCUT2D eigenvalue weighted by molar-refractivity contribution is 7.85. The van der Waals surface area contributed by atoms with E-state index in [9.17, 15) is 13.0 Å². The predicted molar refractivity (Wildman–Crippen MR) is 122 cm³/mol. The molecule has 0 aliphatic carbocycles. The number of nitrogen functional groups attached to an aromatic ring is 1. The molecule has 0 amide bonds. The van der Waals surface area contributed by atoms with E-state index in [-0.39, 0.29) is 11.4 Å². The molecule has 30 heavy (non-hydrogen) atoms. The minimum absolute atomic E-state index is 0.202. The molecular formula is C24H30F2N2OS. The molecule has 6 heteroatoms. The van der Waals surface area contributed by atoms with Gasteiger partial charge in [-0.3, -0.25) is 4.21 Å². The SMILES string of the molecule is CC.CC.Cc1ccc(S(=O)C(c2cc(N)ncc2C)c2c(F)cccc2F)cc1. The van der Waals surface area contributed by atoms with E-state index in [1.165, 1.54) is 18.3 Å². The Balaban J connectivity index is 0.00000106. The molecule has 3 aromatic rings. The highest BCUT2D eigenvalue weighted by atomic mass is 32.2. The van der Waals surface area contributed by atoms with Crippen molar-refractivity contribution >= 4 is 16.6 Å². The molecule has 0 spiro atoms. The number of nitrogens with zero attached hydrogens (tertiary/aromatic N) is 1. The molecule has 0 radical (unpaired) electrons. The second kappa shape index (κ2) is 12.2. The van der Waals surface area contributed by atoms with Crippen molar-refractivity contribution < 1.29 is 13.0 Å². The van der Waals surface area contributed by atoms with Crippen LogP contribution in [0.5, 0.6) is 0 Å². The lowest BCUT2D eigenvalue weighted by Crippen LogP contribution is -2.15. The van der Waals surface area contributed by atoms with Gasteiger partial charge in [0.2, 0.25) is 0 Å². The molecule has 0 saturated heterocycles. The Kier molecular flexibility index (Phi) is 10.3. The highest BCUT2D eigenvalue weighted by Gasteiger charge is 2.30. The third-order valence-corrected chi connectivity index (χ3v) is 5.83. The van der Waals surface area contributed by atoms with Gasteiger partial charge in [-0.25, -0.2) is 13.8 Å². The van der Waals surface area contributed by atoms with Gasteiger partial charge in [-0.05, 0) is 55.3 Å². The number of aryl methyl sites for hydroxylation is 2. The van der Waals surface area contributed by atoms with Gasteiger partial charge in [0.15, 0.2) is 0 Å². The first-order chi connectivity index (χ1) is 14.4. The molecule has 0 fully saturated rings. The standard InChI is InChI=1S/C20H18F2N2OS.2C2H6/c1-12-6-8-14(9-7-12)26(25)20(15-10-18(23)24-11-13(15)2)19-16(21)4-3-5-17(19)22;2*1-2/h3-11,20H,1-2H3,(H2,23,24);2*1-2H3. The van der Waals surface area contributed by atoms with Gasteiger partial charge in [-0.2, -0.15) is 0 Å². The van der Waals surface area contributed by atoms with Crippen LogP contribution in [0.3, 0.4) is 0 Å². The van der Waals surface area contributed by atoms with E-state index in [4.69, 9.17) is 5.73 Å². The number of benzene rings is 2. The highest BCUT2D eigenvalue weighted by Crippen LogP contribution is 2.37. The Hall–Kier alpha value is -2.60. The van der Waals surface area contributed by atoms with Gasteiger partial charge in [0.1, 0.15) is 17.5 Å². The van der Waals surface area contributed by atoms with E-state index < -0.39 is 27.7 Å². The molecule has 162 valence electrons. The molecule has 2 unspecified atom stereocenters. The third-order valence-electron chi connectivity index (χ3n) is 4.18. The zero-order valence-electron chi connectivity index (χ0n) is 18.4. The molecule has 0 aliphatic rings. The van der Waals surface area contributed by atoms with Gasteiger partial charge in [0, 0.05) is 16.7 Å². The monoisotopic (exact) mass is 432 g/mol. The van der Waals surface area contributed by atoms with Gasteiger partial charge in [-0.1, -0.05) is 51.5 Å². The first kappa shape index (κ1) is 25.4. The quantitative estimate of drug-likeness (QED) is 0.511. The summed E-state index contributed by atoms with van der Waals surface area (Å²) in [6, 6.07) is 12.2. The summed E-state index contributed by atoms with van der Waals surface area (Å²) in [5.74, 6) is -1.29. The van der Waals surface area contributed by atoms with E-state index >= 15 is 0 Å². The minimum atomic E-state index is -1.73. The third kappa shape index (κ3) is 5.95. The smallest absolute Gasteiger partial charge is 0.130 e. The lowest BCUT2D eigenvalue weighted by atomic mass is 10.0. The second-order valence-corrected chi connectivity index (χ2v) is 7.63. The van der Waals surface area contributed by atoms with Gasteiger partial charge >= 0.3 is 0 Å². The molecule has 0 saturated carbocycles. The molecule has 0 bridgehead atoms. The van der Waals surface area contributed by atoms with Gasteiger partial charge in [0.05, 0.1) is 16.0 Å². The fraction of sp³-hybridized carbons (Fsp3) is 0.292. The summed E-state index contributed by atoms with van der Waals surface area (Å²) >= 11 is 0. The average molecular weight is 433 g/mol. The summed E-state index contributed by atoms with van der Waals surface area (Å²) in [6.45, 7) is 11.7. The van der Waals surface area contributed by atoms with E-state index in [2.05, 4.69) is 4.98 Å². The van der Waals surface area contributed by atoms with Crippen LogP contribution in [0.25, 0.3) is 0 Å². The minimum Gasteiger partial charge on any atom is -0.384 e. The van der Waals surface area contributed by atoms with Crippen molar-refractivity contribution in [1.82, 2.24) is 4.98 Å². The predicted octanol–water partition coefficient (Wildman–Crippen LogP) is 6.51. The van der Waals surface area contributed by atoms with Gasteiger partial charge in [-0.15, -0.1) is 0 Å². The number of rotatable bonds is 4. The van der Waals surface area contributed by atoms with Crippen LogP contribution >= 0.6 is 0 Å². The molecule has 3 rings (SSSR count). The summed E-state index contributed by atoms with van der Waals surface area (Å²) < 4.78 is 42.4. The molecule has 2 aromatic carbocycles. The zero-order valence-corrected chi connectivity index (χ0v) is 19.2. The van der Waals surface area contributed by atoms with Crippen molar-refractivity contribution in [3.8, 4) is 0 Å². The molecule has 1 heterocycles. The fourth-order valence-electron chi connectivity index (χ4n) is 2.79. The Morgan fingerprint density at radius 2 is 1.47 bits per heavy atom. The van der Waals surface area contributed by atoms with Crippen LogP contribution in [0.1, 0.15) is 55.2 Å². The number of pyridine rings is 1. The average Bonchev–Trinajstić information content (AvgIpc) is 2.76. The van der Waals surface area contributed by atoms with Crippen LogP contribution in [0.2, 0.25) is 0 Å². The largest absolute Gasteiger partial charge is 0.384 e. The first-order valence-electron chi connectivity index (χ1n) is 10.0. The first-order valence-corrected chi connectivity index (χ1v) is 11.2. The van der Waals surface area contributed by atoms with Crippen LogP contribution in [0, 0.1) is 25.5 Å². The van der Waals surface area contributed by atoms with Crippen molar-refractivity contribution in [2.24, 2.45) is 0 Å². The molecule has 3 nitrogen and oxygen atoms in total. The number of nitrogens with two attached hydrogens (primary N) is 1. The lowest BCUT2D eigenvalue weighted by Gasteiger charge is -2.21. The van der Waals surface area contributed by atoms with Gasteiger partial charge < -0.3 is 5.73 Å². The summed E-state index contributed by atoms with van der Waals surface area (Å²) in [5.41, 5.74) is 7.69. The number of aromatic nitrogens is 1. The van der Waals surface area contributed by atoms with Crippen LogP contribution < -0.4 is 5.73 Å². The number of halogens is 2. The second-order valence-electron chi connectivity index (χ2n) is 6.09. The van der Waals surface area contributed by atoms with Crippen molar-refractivity contribution in [3.05, 3.63) is 88.6 Å². The Bertz CT molecular complexity index is 955. The van der Waals surface area contributed by atoms with Gasteiger partial charge in [0.25, 0.3) is 0 Å². The summed E-state index contributed by atoms with van der Waals surface area (Å²) in [7, 11) is -1.73. The van der Waals surface area contributed by atoms with E-state index in [1.54, 1.807) is 19.1 Å². The van der Waals surface area contributed by atoms with Crippen LogP contribution in [-0.4, -0.2) is 9.19 Å². The maximum atomic E-state index is 14.5. The van der Waals surface area contributed by atoms with E-state index in [1.807, 2.05) is 46.8 Å². The van der Waals surface area contributed by atoms with E-state index in [0.717, 1.165) is 17.7 Å². The molecule has 1 aromatic heterocycles. The molecular weight excluding hydrogens is 402 g/mol. The Morgan fingerprint density at radius 1 is 0.933 bits per heavy atom. The summed E-state index contributed by atoms with van der Waals surface area (Å²) in [6.07, 6.45) is 1.52. The van der Waals surface area contributed by atoms with Crippen LogP contribution in [-0.2, 0) is 10.8 Å². The Morgan fingerprint density at radius 3 is 2.00 bits per heavy atom. The number of hydrogen-bond acceptors (Lipinski definition) is 3. The van der Waals surface area contributed by atoms with Crippen molar-refractivity contribution in [1.29, 1.82) is 0 Å². The molecule has 2 N–H and O–H groups in total. The van der Waals surface area contributed by atoms with Crippen LogP contribution in [0.15, 0.2) is 59.6 Å². The Labute approximate surface area is 180 Å². The lowest BCUT2D eigenvalue weighted by molar-refractivity contribution is 0.557. The van der Waals surface area contributed by atoms with Crippen molar-refractivity contribution in [2.75, 3.05) is 5.73 Å². The summed E-state index contributed by atoms with van der Waals surface area (Å²) in [4.78, 5) is 4.48. The zero-order chi connectivity index (χ0) is 22.8. The van der Waals surface area contributed by atoms with Crippen molar-refractivity contribution in [2.45, 2.75) is 51.7 Å². The summed E-state index contributed by atoms with van der Waals surface area (Å²) in [5, 5.41) is -1.04. The van der Waals surface area contributed by atoms with E-state index in [0.29, 0.717) is 16.0 Å². The maximum Gasteiger partial charge on any atom is 0.130 e. The topological polar surface area (TPSA) is 56.0 Å². The molecule has 0 aliphatic heterocycles. The van der Waals surface area contributed by atoms with Crippen LogP contribution in [0.4, 0.5) is 14.6 Å². The number of hydrogen-bond donors (Lipinski definition) is 1. The molecule has 2 atom stereocenters. The maximum absolute atomic E-state index is 14.5.